The molecule has 3 nitrogen and oxygen atoms in total. The summed E-state index contributed by atoms with van der Waals surface area (Å²) in [4.78, 5) is 1.92. The lowest BCUT2D eigenvalue weighted by atomic mass is 10.2. The summed E-state index contributed by atoms with van der Waals surface area (Å²) >= 11 is 6.35. The van der Waals surface area contributed by atoms with Crippen LogP contribution in [0.2, 0.25) is 0 Å². The minimum Gasteiger partial charge on any atom is -0.345 e. The normalized spacial score (nSPS) is 10.4. The van der Waals surface area contributed by atoms with Crippen molar-refractivity contribution in [3.05, 3.63) is 39.6 Å². The van der Waals surface area contributed by atoms with Gasteiger partial charge in [-0.05, 0) is 29.9 Å². The van der Waals surface area contributed by atoms with Crippen LogP contribution in [0.1, 0.15) is 5.56 Å². The van der Waals surface area contributed by atoms with Gasteiger partial charge in [-0.3, -0.25) is 5.10 Å². The Bertz CT molecular complexity index is 535. The number of aromatic amines is 1. The lowest BCUT2D eigenvalue weighted by Crippen LogP contribution is -2.16. The van der Waals surface area contributed by atoms with Gasteiger partial charge < -0.3 is 4.90 Å². The average Bonchev–Trinajstić information content (AvgIpc) is 2.65. The highest BCUT2D eigenvalue weighted by atomic mass is 32.1. The molecule has 1 aromatic heterocycles. The standard InChI is InChI=1S/C10H10FN3S2/c1-14(9-12-13-10(15)16-9)6-7-3-2-4-8(11)5-7/h2-5H,6H2,1H3,(H,13,15). The van der Waals surface area contributed by atoms with Gasteiger partial charge in [0.25, 0.3) is 0 Å². The molecule has 1 heterocycles. The van der Waals surface area contributed by atoms with Crippen molar-refractivity contribution >= 4 is 28.7 Å². The zero-order chi connectivity index (χ0) is 11.5. The van der Waals surface area contributed by atoms with E-state index in [0.29, 0.717) is 10.5 Å². The van der Waals surface area contributed by atoms with Crippen LogP contribution in [0.15, 0.2) is 24.3 Å². The van der Waals surface area contributed by atoms with Gasteiger partial charge in [0, 0.05) is 13.6 Å². The molecule has 0 saturated heterocycles. The van der Waals surface area contributed by atoms with Crippen molar-refractivity contribution in [1.82, 2.24) is 10.2 Å². The predicted octanol–water partition coefficient (Wildman–Crippen LogP) is 2.98. The fourth-order valence-electron chi connectivity index (χ4n) is 1.36. The maximum Gasteiger partial charge on any atom is 0.206 e. The van der Waals surface area contributed by atoms with Crippen molar-refractivity contribution in [1.29, 1.82) is 0 Å². The van der Waals surface area contributed by atoms with Crippen molar-refractivity contribution in [3.63, 3.8) is 0 Å². The number of halogens is 1. The Labute approximate surface area is 102 Å². The number of rotatable bonds is 3. The van der Waals surface area contributed by atoms with Crippen molar-refractivity contribution < 1.29 is 4.39 Å². The van der Waals surface area contributed by atoms with Crippen LogP contribution in [0.4, 0.5) is 9.52 Å². The maximum absolute atomic E-state index is 13.0. The number of hydrogen-bond acceptors (Lipinski definition) is 4. The molecular formula is C10H10FN3S2. The minimum atomic E-state index is -0.222. The molecule has 0 aliphatic rings. The highest BCUT2D eigenvalue weighted by molar-refractivity contribution is 7.73. The molecule has 16 heavy (non-hydrogen) atoms. The van der Waals surface area contributed by atoms with Gasteiger partial charge in [0.15, 0.2) is 3.95 Å². The molecule has 0 aliphatic heterocycles. The van der Waals surface area contributed by atoms with Crippen LogP contribution in [0.25, 0.3) is 0 Å². The predicted molar refractivity (Wildman–Crippen MR) is 65.8 cm³/mol. The lowest BCUT2D eigenvalue weighted by molar-refractivity contribution is 0.625. The van der Waals surface area contributed by atoms with Gasteiger partial charge in [-0.25, -0.2) is 4.39 Å². The number of benzene rings is 1. The molecule has 1 aromatic carbocycles. The molecule has 0 amide bonds. The fourth-order valence-corrected chi connectivity index (χ4v) is 2.20. The van der Waals surface area contributed by atoms with E-state index in [-0.39, 0.29) is 5.82 Å². The SMILES string of the molecule is CN(Cc1cccc(F)c1)c1n[nH]c(=S)s1. The molecule has 0 unspecified atom stereocenters. The van der Waals surface area contributed by atoms with Crippen molar-refractivity contribution in [2.45, 2.75) is 6.54 Å². The van der Waals surface area contributed by atoms with Crippen LogP contribution in [0.5, 0.6) is 0 Å². The Morgan fingerprint density at radius 2 is 2.38 bits per heavy atom. The summed E-state index contributed by atoms with van der Waals surface area (Å²) in [6, 6.07) is 6.53. The molecule has 0 saturated carbocycles. The monoisotopic (exact) mass is 255 g/mol. The number of anilines is 1. The maximum atomic E-state index is 13.0. The summed E-state index contributed by atoms with van der Waals surface area (Å²) in [5, 5.41) is 7.57. The van der Waals surface area contributed by atoms with Crippen LogP contribution in [0, 0.1) is 9.77 Å². The van der Waals surface area contributed by atoms with E-state index in [1.807, 2.05) is 18.0 Å². The van der Waals surface area contributed by atoms with E-state index >= 15 is 0 Å². The first-order valence-electron chi connectivity index (χ1n) is 4.66. The van der Waals surface area contributed by atoms with Crippen molar-refractivity contribution in [3.8, 4) is 0 Å². The van der Waals surface area contributed by atoms with Gasteiger partial charge in [0.1, 0.15) is 5.82 Å². The zero-order valence-electron chi connectivity index (χ0n) is 8.61. The fraction of sp³-hybridized carbons (Fsp3) is 0.200. The molecule has 0 atom stereocenters. The van der Waals surface area contributed by atoms with E-state index in [1.54, 1.807) is 6.07 Å². The second kappa shape index (κ2) is 4.71. The van der Waals surface area contributed by atoms with Crippen LogP contribution in [-0.4, -0.2) is 17.2 Å². The minimum absolute atomic E-state index is 0.222. The van der Waals surface area contributed by atoms with Crippen LogP contribution in [-0.2, 0) is 6.54 Å². The molecule has 0 spiro atoms. The Morgan fingerprint density at radius 1 is 1.56 bits per heavy atom. The quantitative estimate of drug-likeness (QED) is 0.856. The molecule has 6 heteroatoms. The van der Waals surface area contributed by atoms with Gasteiger partial charge in [0.05, 0.1) is 0 Å². The van der Waals surface area contributed by atoms with Gasteiger partial charge in [-0.2, -0.15) is 0 Å². The Balaban J connectivity index is 2.13. The second-order valence-corrected chi connectivity index (χ2v) is 5.03. The number of nitrogens with one attached hydrogen (secondary N) is 1. The Hall–Kier alpha value is -1.27. The van der Waals surface area contributed by atoms with Crippen LogP contribution in [0.3, 0.4) is 0 Å². The molecule has 0 aliphatic carbocycles. The van der Waals surface area contributed by atoms with E-state index in [2.05, 4.69) is 10.2 Å². The summed E-state index contributed by atoms with van der Waals surface area (Å²) in [7, 11) is 1.90. The van der Waals surface area contributed by atoms with E-state index < -0.39 is 0 Å². The van der Waals surface area contributed by atoms with Gasteiger partial charge in [0.2, 0.25) is 5.13 Å². The molecule has 0 bridgehead atoms. The van der Waals surface area contributed by atoms with Gasteiger partial charge >= 0.3 is 0 Å². The summed E-state index contributed by atoms with van der Waals surface area (Å²) in [5.74, 6) is -0.222. The molecule has 0 radical (unpaired) electrons. The third kappa shape index (κ3) is 2.65. The number of aromatic nitrogens is 2. The first-order chi connectivity index (χ1) is 7.65. The summed E-state index contributed by atoms with van der Waals surface area (Å²) in [6.45, 7) is 0.605. The highest BCUT2D eigenvalue weighted by Gasteiger charge is 2.06. The van der Waals surface area contributed by atoms with Crippen molar-refractivity contribution in [2.24, 2.45) is 0 Å². The lowest BCUT2D eigenvalue weighted by Gasteiger charge is -2.14. The average molecular weight is 255 g/mol. The summed E-state index contributed by atoms with van der Waals surface area (Å²) in [5.41, 5.74) is 0.906. The van der Waals surface area contributed by atoms with Crippen LogP contribution < -0.4 is 4.90 Å². The summed E-state index contributed by atoms with van der Waals surface area (Å²) < 4.78 is 13.6. The van der Waals surface area contributed by atoms with E-state index in [4.69, 9.17) is 12.2 Å². The first kappa shape index (κ1) is 11.2. The Kier molecular flexibility index (Phi) is 3.31. The number of hydrogen-bond donors (Lipinski definition) is 1. The van der Waals surface area contributed by atoms with Gasteiger partial charge in [-0.15, -0.1) is 5.10 Å². The molecule has 2 aromatic rings. The van der Waals surface area contributed by atoms with Gasteiger partial charge in [-0.1, -0.05) is 23.5 Å². The third-order valence-electron chi connectivity index (χ3n) is 2.06. The topological polar surface area (TPSA) is 31.9 Å². The third-order valence-corrected chi connectivity index (χ3v) is 3.27. The molecule has 2 rings (SSSR count). The molecule has 1 N–H and O–H groups in total. The second-order valence-electron chi connectivity index (χ2n) is 3.38. The van der Waals surface area contributed by atoms with Crippen molar-refractivity contribution in [2.75, 3.05) is 11.9 Å². The van der Waals surface area contributed by atoms with E-state index in [0.717, 1.165) is 10.7 Å². The summed E-state index contributed by atoms with van der Waals surface area (Å²) in [6.07, 6.45) is 0. The Morgan fingerprint density at radius 3 is 3.00 bits per heavy atom. The zero-order valence-corrected chi connectivity index (χ0v) is 10.2. The first-order valence-corrected chi connectivity index (χ1v) is 5.89. The molecular weight excluding hydrogens is 245 g/mol. The molecule has 84 valence electrons. The van der Waals surface area contributed by atoms with Crippen LogP contribution >= 0.6 is 23.6 Å². The van der Waals surface area contributed by atoms with E-state index in [9.17, 15) is 4.39 Å². The van der Waals surface area contributed by atoms with E-state index in [1.165, 1.54) is 23.5 Å². The molecule has 0 fully saturated rings. The number of nitrogens with zero attached hydrogens (tertiary/aromatic N) is 2. The number of H-pyrrole nitrogens is 1. The smallest absolute Gasteiger partial charge is 0.206 e. The largest absolute Gasteiger partial charge is 0.345 e. The highest BCUT2D eigenvalue weighted by Crippen LogP contribution is 2.18.